The molecule has 0 amide bonds. The van der Waals surface area contributed by atoms with Crippen LogP contribution in [0, 0.1) is 0 Å². The lowest BCUT2D eigenvalue weighted by Crippen LogP contribution is -2.22. The molecule has 0 bridgehead atoms. The zero-order chi connectivity index (χ0) is 14.5. The first-order valence-electron chi connectivity index (χ1n) is 8.20. The predicted octanol–water partition coefficient (Wildman–Crippen LogP) is 4.04. The van der Waals surface area contributed by atoms with Gasteiger partial charge in [-0.1, -0.05) is 38.0 Å². The molecular formula is C18H25NO2. The summed E-state index contributed by atoms with van der Waals surface area (Å²) in [5.41, 5.74) is 2.29. The molecule has 3 rings (SSSR count). The Labute approximate surface area is 126 Å². The maximum atomic E-state index is 5.92. The van der Waals surface area contributed by atoms with E-state index in [4.69, 9.17) is 9.15 Å². The van der Waals surface area contributed by atoms with E-state index >= 15 is 0 Å². The average molecular weight is 287 g/mol. The van der Waals surface area contributed by atoms with Gasteiger partial charge in [0.2, 0.25) is 0 Å². The van der Waals surface area contributed by atoms with Crippen LogP contribution >= 0.6 is 0 Å². The molecule has 3 heteroatoms. The summed E-state index contributed by atoms with van der Waals surface area (Å²) in [5.74, 6) is 1.10. The van der Waals surface area contributed by atoms with Gasteiger partial charge in [-0.05, 0) is 18.9 Å². The first-order valence-corrected chi connectivity index (χ1v) is 8.20. The van der Waals surface area contributed by atoms with Gasteiger partial charge in [0.1, 0.15) is 11.3 Å². The van der Waals surface area contributed by atoms with Gasteiger partial charge in [0.15, 0.2) is 0 Å². The lowest BCUT2D eigenvalue weighted by atomic mass is 10.1. The maximum absolute atomic E-state index is 5.92. The summed E-state index contributed by atoms with van der Waals surface area (Å²) in [7, 11) is 0. The van der Waals surface area contributed by atoms with Crippen LogP contribution in [0.25, 0.3) is 11.0 Å². The van der Waals surface area contributed by atoms with Crippen molar-refractivity contribution in [2.24, 2.45) is 0 Å². The van der Waals surface area contributed by atoms with Gasteiger partial charge >= 0.3 is 0 Å². The van der Waals surface area contributed by atoms with Crippen LogP contribution in [0.15, 0.2) is 28.7 Å². The molecule has 2 aromatic rings. The van der Waals surface area contributed by atoms with Crippen LogP contribution in [0.2, 0.25) is 0 Å². The molecule has 0 atom stereocenters. The van der Waals surface area contributed by atoms with Crippen molar-refractivity contribution in [2.45, 2.75) is 51.7 Å². The van der Waals surface area contributed by atoms with Crippen LogP contribution in [-0.4, -0.2) is 19.3 Å². The van der Waals surface area contributed by atoms with E-state index in [-0.39, 0.29) is 0 Å². The van der Waals surface area contributed by atoms with Gasteiger partial charge in [-0.15, -0.1) is 0 Å². The highest BCUT2D eigenvalue weighted by atomic mass is 16.5. The largest absolute Gasteiger partial charge is 0.461 e. The van der Waals surface area contributed by atoms with Crippen molar-refractivity contribution >= 4 is 11.0 Å². The maximum Gasteiger partial charge on any atom is 0.134 e. The lowest BCUT2D eigenvalue weighted by Gasteiger charge is -2.11. The Bertz CT molecular complexity index is 570. The van der Waals surface area contributed by atoms with Gasteiger partial charge in [0.25, 0.3) is 0 Å². The molecular weight excluding hydrogens is 262 g/mol. The van der Waals surface area contributed by atoms with Crippen LogP contribution in [0.1, 0.15) is 43.9 Å². The van der Waals surface area contributed by atoms with E-state index in [2.05, 4.69) is 24.4 Å². The van der Waals surface area contributed by atoms with Crippen LogP contribution in [0.5, 0.6) is 0 Å². The third-order valence-corrected chi connectivity index (χ3v) is 4.34. The van der Waals surface area contributed by atoms with E-state index in [1.165, 1.54) is 36.6 Å². The SMILES string of the molecule is CCc1oc2ccccc2c1CNCCOC1CCCC1. The molecule has 0 aliphatic heterocycles. The molecule has 1 aromatic heterocycles. The molecule has 1 aliphatic carbocycles. The van der Waals surface area contributed by atoms with Crippen LogP contribution in [0.4, 0.5) is 0 Å². The fourth-order valence-electron chi connectivity index (χ4n) is 3.20. The Morgan fingerprint density at radius 2 is 2.05 bits per heavy atom. The Hall–Kier alpha value is -1.32. The number of nitrogens with one attached hydrogen (secondary N) is 1. The highest BCUT2D eigenvalue weighted by molar-refractivity contribution is 5.82. The van der Waals surface area contributed by atoms with Gasteiger partial charge in [0.05, 0.1) is 12.7 Å². The number of rotatable bonds is 7. The summed E-state index contributed by atoms with van der Waals surface area (Å²) in [6, 6.07) is 8.28. The zero-order valence-corrected chi connectivity index (χ0v) is 12.9. The summed E-state index contributed by atoms with van der Waals surface area (Å²) in [4.78, 5) is 0. The van der Waals surface area contributed by atoms with Crippen LogP contribution in [-0.2, 0) is 17.7 Å². The third-order valence-electron chi connectivity index (χ3n) is 4.34. The number of aryl methyl sites for hydroxylation is 1. The monoisotopic (exact) mass is 287 g/mol. The Kier molecular flexibility index (Phi) is 4.94. The smallest absolute Gasteiger partial charge is 0.134 e. The van der Waals surface area contributed by atoms with Crippen molar-refractivity contribution in [3.05, 3.63) is 35.6 Å². The van der Waals surface area contributed by atoms with Gasteiger partial charge in [0, 0.05) is 30.5 Å². The highest BCUT2D eigenvalue weighted by Gasteiger charge is 2.15. The van der Waals surface area contributed by atoms with E-state index in [1.54, 1.807) is 0 Å². The second-order valence-corrected chi connectivity index (χ2v) is 5.81. The van der Waals surface area contributed by atoms with E-state index in [1.807, 2.05) is 12.1 Å². The molecule has 0 saturated heterocycles. The summed E-state index contributed by atoms with van der Waals surface area (Å²) in [6.45, 7) is 4.71. The summed E-state index contributed by atoms with van der Waals surface area (Å²) in [6.07, 6.45) is 6.59. The molecule has 0 unspecified atom stereocenters. The van der Waals surface area contributed by atoms with Crippen molar-refractivity contribution in [2.75, 3.05) is 13.2 Å². The van der Waals surface area contributed by atoms with Crippen LogP contribution < -0.4 is 5.32 Å². The van der Waals surface area contributed by atoms with Gasteiger partial charge in [-0.3, -0.25) is 0 Å². The molecule has 114 valence electrons. The summed E-state index contributed by atoms with van der Waals surface area (Å²) < 4.78 is 11.8. The molecule has 1 N–H and O–H groups in total. The van der Waals surface area contributed by atoms with Crippen LogP contribution in [0.3, 0.4) is 0 Å². The Morgan fingerprint density at radius 1 is 1.24 bits per heavy atom. The van der Waals surface area contributed by atoms with E-state index < -0.39 is 0 Å². The summed E-state index contributed by atoms with van der Waals surface area (Å²) in [5, 5.41) is 4.73. The number of ether oxygens (including phenoxy) is 1. The van der Waals surface area contributed by atoms with E-state index in [9.17, 15) is 0 Å². The molecule has 0 radical (unpaired) electrons. The summed E-state index contributed by atoms with van der Waals surface area (Å²) >= 11 is 0. The minimum Gasteiger partial charge on any atom is -0.461 e. The number of furan rings is 1. The Morgan fingerprint density at radius 3 is 2.86 bits per heavy atom. The van der Waals surface area contributed by atoms with E-state index in [0.29, 0.717) is 6.10 Å². The van der Waals surface area contributed by atoms with Gasteiger partial charge < -0.3 is 14.5 Å². The van der Waals surface area contributed by atoms with Crippen molar-refractivity contribution in [1.29, 1.82) is 0 Å². The number of hydrogen-bond donors (Lipinski definition) is 1. The zero-order valence-electron chi connectivity index (χ0n) is 12.9. The lowest BCUT2D eigenvalue weighted by molar-refractivity contribution is 0.0602. The topological polar surface area (TPSA) is 34.4 Å². The van der Waals surface area contributed by atoms with Crippen molar-refractivity contribution in [3.8, 4) is 0 Å². The normalized spacial score (nSPS) is 16.0. The van der Waals surface area contributed by atoms with Gasteiger partial charge in [-0.25, -0.2) is 0 Å². The molecule has 1 fully saturated rings. The minimum atomic E-state index is 0.507. The molecule has 1 aromatic carbocycles. The average Bonchev–Trinajstić information content (AvgIpc) is 3.14. The third kappa shape index (κ3) is 3.47. The quantitative estimate of drug-likeness (QED) is 0.780. The Balaban J connectivity index is 1.52. The van der Waals surface area contributed by atoms with E-state index in [0.717, 1.165) is 37.5 Å². The van der Waals surface area contributed by atoms with Crippen molar-refractivity contribution < 1.29 is 9.15 Å². The minimum absolute atomic E-state index is 0.507. The predicted molar refractivity (Wildman–Crippen MR) is 85.5 cm³/mol. The number of hydrogen-bond acceptors (Lipinski definition) is 3. The number of fused-ring (bicyclic) bond motifs is 1. The molecule has 1 heterocycles. The molecule has 1 aliphatic rings. The fraction of sp³-hybridized carbons (Fsp3) is 0.556. The first kappa shape index (κ1) is 14.6. The second-order valence-electron chi connectivity index (χ2n) is 5.81. The standard InChI is InChI=1S/C18H25NO2/c1-2-17-16(15-9-5-6-10-18(15)21-17)13-19-11-12-20-14-7-3-4-8-14/h5-6,9-10,14,19H,2-4,7-8,11-13H2,1H3. The number of para-hydroxylation sites is 1. The molecule has 0 spiro atoms. The van der Waals surface area contributed by atoms with Crippen molar-refractivity contribution in [1.82, 2.24) is 5.32 Å². The highest BCUT2D eigenvalue weighted by Crippen LogP contribution is 2.26. The second kappa shape index (κ2) is 7.10. The van der Waals surface area contributed by atoms with Crippen molar-refractivity contribution in [3.63, 3.8) is 0 Å². The number of benzene rings is 1. The fourth-order valence-corrected chi connectivity index (χ4v) is 3.20. The molecule has 3 nitrogen and oxygen atoms in total. The molecule has 1 saturated carbocycles. The first-order chi connectivity index (χ1) is 10.4. The molecule has 21 heavy (non-hydrogen) atoms. The van der Waals surface area contributed by atoms with Gasteiger partial charge in [-0.2, -0.15) is 0 Å².